The van der Waals surface area contributed by atoms with Crippen LogP contribution in [0.3, 0.4) is 0 Å². The van der Waals surface area contributed by atoms with Crippen molar-refractivity contribution in [2.24, 2.45) is 0 Å². The van der Waals surface area contributed by atoms with Crippen molar-refractivity contribution in [1.29, 1.82) is 0 Å². The molecule has 13 heavy (non-hydrogen) atoms. The largest absolute Gasteiger partial charge is 0.0914 e. The maximum absolute atomic E-state index is 2.17. The minimum absolute atomic E-state index is 1.02. The minimum atomic E-state index is 1.02. The fraction of sp³-hybridized carbons (Fsp3) is 0.231. The molecule has 0 fully saturated rings. The average Bonchev–Trinajstić information content (AvgIpc) is 2.15. The van der Waals surface area contributed by atoms with Crippen LogP contribution in [0.15, 0.2) is 42.5 Å². The zero-order chi connectivity index (χ0) is 9.52. The van der Waals surface area contributed by atoms with E-state index in [4.69, 9.17) is 0 Å². The molecule has 68 valence electrons. The van der Waals surface area contributed by atoms with Gasteiger partial charge in [-0.25, -0.2) is 0 Å². The molecule has 1 aromatic carbocycles. The molecule has 1 aromatic rings. The first-order valence-electron chi connectivity index (χ1n) is 4.67. The highest BCUT2D eigenvalue weighted by molar-refractivity contribution is 5.49. The quantitative estimate of drug-likeness (QED) is 0.605. The van der Waals surface area contributed by atoms with E-state index in [2.05, 4.69) is 55.5 Å². The minimum Gasteiger partial charge on any atom is -0.0914 e. The smallest absolute Gasteiger partial charge is 0.0166 e. The Hall–Kier alpha value is -1.30. The van der Waals surface area contributed by atoms with Crippen LogP contribution in [0.2, 0.25) is 0 Å². The summed E-state index contributed by atoms with van der Waals surface area (Å²) in [5.41, 5.74) is 2.58. The first-order chi connectivity index (χ1) is 6.33. The lowest BCUT2D eigenvalue weighted by Crippen LogP contribution is -1.72. The monoisotopic (exact) mass is 172 g/mol. The fourth-order valence-electron chi connectivity index (χ4n) is 1.10. The molecule has 0 aliphatic carbocycles. The molecule has 0 aromatic heterocycles. The van der Waals surface area contributed by atoms with Crippen molar-refractivity contribution in [3.05, 3.63) is 53.6 Å². The number of benzene rings is 1. The van der Waals surface area contributed by atoms with Gasteiger partial charge >= 0.3 is 0 Å². The SMILES string of the molecule is C/C=C/C/C=C/c1ccc(C)cc1. The maximum Gasteiger partial charge on any atom is -0.0166 e. The van der Waals surface area contributed by atoms with Crippen LogP contribution in [-0.4, -0.2) is 0 Å². The molecule has 0 heteroatoms. The Morgan fingerprint density at radius 1 is 1.08 bits per heavy atom. The van der Waals surface area contributed by atoms with Crippen molar-refractivity contribution in [2.75, 3.05) is 0 Å². The van der Waals surface area contributed by atoms with Crippen LogP contribution >= 0.6 is 0 Å². The summed E-state index contributed by atoms with van der Waals surface area (Å²) in [6, 6.07) is 8.55. The van der Waals surface area contributed by atoms with Crippen molar-refractivity contribution < 1.29 is 0 Å². The maximum atomic E-state index is 2.17. The lowest BCUT2D eigenvalue weighted by Gasteiger charge is -1.93. The van der Waals surface area contributed by atoms with E-state index in [1.54, 1.807) is 0 Å². The van der Waals surface area contributed by atoms with Gasteiger partial charge in [-0.15, -0.1) is 0 Å². The molecule has 0 saturated heterocycles. The number of aryl methyl sites for hydroxylation is 1. The van der Waals surface area contributed by atoms with Gasteiger partial charge in [0.2, 0.25) is 0 Å². The summed E-state index contributed by atoms with van der Waals surface area (Å²) >= 11 is 0. The first-order valence-corrected chi connectivity index (χ1v) is 4.67. The second-order valence-electron chi connectivity index (χ2n) is 3.12. The highest BCUT2D eigenvalue weighted by atomic mass is 13.9. The van der Waals surface area contributed by atoms with Gasteiger partial charge in [-0.05, 0) is 25.8 Å². The van der Waals surface area contributed by atoms with Crippen molar-refractivity contribution in [3.63, 3.8) is 0 Å². The molecule has 0 aliphatic heterocycles. The third-order valence-corrected chi connectivity index (χ3v) is 1.90. The van der Waals surface area contributed by atoms with E-state index in [-0.39, 0.29) is 0 Å². The summed E-state index contributed by atoms with van der Waals surface area (Å²) in [5.74, 6) is 0. The van der Waals surface area contributed by atoms with Gasteiger partial charge in [0.25, 0.3) is 0 Å². The molecule has 0 aliphatic rings. The van der Waals surface area contributed by atoms with Gasteiger partial charge in [0.15, 0.2) is 0 Å². The molecule has 0 spiro atoms. The lowest BCUT2D eigenvalue weighted by molar-refractivity contribution is 1.39. The van der Waals surface area contributed by atoms with E-state index < -0.39 is 0 Å². The molecule has 1 rings (SSSR count). The molecule has 0 saturated carbocycles. The zero-order valence-electron chi connectivity index (χ0n) is 8.33. The Morgan fingerprint density at radius 3 is 2.38 bits per heavy atom. The van der Waals surface area contributed by atoms with Crippen LogP contribution in [0, 0.1) is 6.92 Å². The molecule has 0 nitrogen and oxygen atoms in total. The summed E-state index contributed by atoms with van der Waals surface area (Å²) in [7, 11) is 0. The zero-order valence-corrected chi connectivity index (χ0v) is 8.33. The topological polar surface area (TPSA) is 0 Å². The molecular formula is C13H16. The Bertz CT molecular complexity index is 288. The molecule has 0 amide bonds. The Morgan fingerprint density at radius 2 is 1.77 bits per heavy atom. The molecule has 0 bridgehead atoms. The van der Waals surface area contributed by atoms with Gasteiger partial charge in [0, 0.05) is 0 Å². The van der Waals surface area contributed by atoms with E-state index in [1.807, 2.05) is 6.92 Å². The Balaban J connectivity index is 2.54. The molecule has 0 heterocycles. The Kier molecular flexibility index (Phi) is 4.04. The van der Waals surface area contributed by atoms with Gasteiger partial charge in [0.1, 0.15) is 0 Å². The van der Waals surface area contributed by atoms with Crippen LogP contribution in [0.1, 0.15) is 24.5 Å². The van der Waals surface area contributed by atoms with E-state index in [0.717, 1.165) is 6.42 Å². The second kappa shape index (κ2) is 5.36. The van der Waals surface area contributed by atoms with Gasteiger partial charge < -0.3 is 0 Å². The molecule has 0 N–H and O–H groups in total. The first kappa shape index (κ1) is 9.79. The average molecular weight is 172 g/mol. The van der Waals surface area contributed by atoms with E-state index in [1.165, 1.54) is 11.1 Å². The molecule has 0 unspecified atom stereocenters. The van der Waals surface area contributed by atoms with E-state index in [0.29, 0.717) is 0 Å². The standard InChI is InChI=1S/C13H16/c1-3-4-5-6-7-13-10-8-12(2)9-11-13/h3-4,6-11H,5H2,1-2H3/b4-3+,7-6+. The molecule has 0 atom stereocenters. The van der Waals surface area contributed by atoms with E-state index in [9.17, 15) is 0 Å². The fourth-order valence-corrected chi connectivity index (χ4v) is 1.10. The van der Waals surface area contributed by atoms with E-state index >= 15 is 0 Å². The highest BCUT2D eigenvalue weighted by Gasteiger charge is 1.84. The van der Waals surface area contributed by atoms with Crippen molar-refractivity contribution in [3.8, 4) is 0 Å². The van der Waals surface area contributed by atoms with Gasteiger partial charge in [-0.2, -0.15) is 0 Å². The van der Waals surface area contributed by atoms with Gasteiger partial charge in [-0.3, -0.25) is 0 Å². The highest BCUT2D eigenvalue weighted by Crippen LogP contribution is 2.05. The summed E-state index contributed by atoms with van der Waals surface area (Å²) in [6.45, 7) is 4.15. The molecule has 0 radical (unpaired) electrons. The summed E-state index contributed by atoms with van der Waals surface area (Å²) in [6.07, 6.45) is 9.55. The Labute approximate surface area is 80.6 Å². The summed E-state index contributed by atoms with van der Waals surface area (Å²) in [4.78, 5) is 0. The number of hydrogen-bond acceptors (Lipinski definition) is 0. The number of allylic oxidation sites excluding steroid dienone is 3. The predicted octanol–water partition coefficient (Wildman–Crippen LogP) is 3.97. The lowest BCUT2D eigenvalue weighted by atomic mass is 10.1. The predicted molar refractivity (Wildman–Crippen MR) is 59.6 cm³/mol. The summed E-state index contributed by atoms with van der Waals surface area (Å²) in [5, 5.41) is 0. The van der Waals surface area contributed by atoms with Crippen LogP contribution in [-0.2, 0) is 0 Å². The van der Waals surface area contributed by atoms with Gasteiger partial charge in [-0.1, -0.05) is 54.1 Å². The third-order valence-electron chi connectivity index (χ3n) is 1.90. The van der Waals surface area contributed by atoms with Crippen molar-refractivity contribution in [1.82, 2.24) is 0 Å². The normalized spacial score (nSPS) is 11.5. The number of rotatable bonds is 3. The number of hydrogen-bond donors (Lipinski definition) is 0. The van der Waals surface area contributed by atoms with Crippen molar-refractivity contribution in [2.45, 2.75) is 20.3 Å². The molecular weight excluding hydrogens is 156 g/mol. The van der Waals surface area contributed by atoms with Crippen molar-refractivity contribution >= 4 is 6.08 Å². The summed E-state index contributed by atoms with van der Waals surface area (Å²) < 4.78 is 0. The van der Waals surface area contributed by atoms with Gasteiger partial charge in [0.05, 0.1) is 0 Å². The van der Waals surface area contributed by atoms with Crippen LogP contribution < -0.4 is 0 Å². The second-order valence-corrected chi connectivity index (χ2v) is 3.12. The third kappa shape index (κ3) is 3.75. The van der Waals surface area contributed by atoms with Crippen LogP contribution in [0.25, 0.3) is 6.08 Å². The van der Waals surface area contributed by atoms with Crippen LogP contribution in [0.4, 0.5) is 0 Å². The van der Waals surface area contributed by atoms with Crippen LogP contribution in [0.5, 0.6) is 0 Å².